The van der Waals surface area contributed by atoms with E-state index in [1.165, 1.54) is 12.8 Å². The molecule has 1 aliphatic carbocycles. The van der Waals surface area contributed by atoms with Crippen LogP contribution in [0.2, 0.25) is 0 Å². The second kappa shape index (κ2) is 7.39. The summed E-state index contributed by atoms with van der Waals surface area (Å²) in [5, 5.41) is 12.4. The fraction of sp³-hybridized carbons (Fsp3) is 0.421. The molecule has 25 heavy (non-hydrogen) atoms. The lowest BCUT2D eigenvalue weighted by atomic mass is 10.0. The molecule has 0 unspecified atom stereocenters. The van der Waals surface area contributed by atoms with Crippen LogP contribution in [0.15, 0.2) is 23.0 Å². The Balaban J connectivity index is 1.95. The third kappa shape index (κ3) is 3.82. The van der Waals surface area contributed by atoms with E-state index in [4.69, 9.17) is 4.74 Å². The Hall–Kier alpha value is -2.81. The SMILES string of the molecule is COc1cc(C)ccc1Nc1nc(CC2CCCC2)[nH]c(=O)c1C#N. The normalized spacial score (nSPS) is 14.3. The lowest BCUT2D eigenvalue weighted by Gasteiger charge is -2.14. The molecular weight excluding hydrogens is 316 g/mol. The minimum atomic E-state index is -0.404. The third-order valence-electron chi connectivity index (χ3n) is 4.65. The van der Waals surface area contributed by atoms with Gasteiger partial charge in [-0.05, 0) is 30.5 Å². The van der Waals surface area contributed by atoms with Crippen molar-refractivity contribution in [3.05, 3.63) is 45.5 Å². The van der Waals surface area contributed by atoms with Gasteiger partial charge >= 0.3 is 0 Å². The molecule has 2 N–H and O–H groups in total. The molecule has 0 atom stereocenters. The second-order valence-electron chi connectivity index (χ2n) is 6.53. The van der Waals surface area contributed by atoms with Crippen LogP contribution in [0.1, 0.15) is 42.6 Å². The molecule has 0 spiro atoms. The van der Waals surface area contributed by atoms with Crippen molar-refractivity contribution >= 4 is 11.5 Å². The molecule has 1 aromatic carbocycles. The van der Waals surface area contributed by atoms with Crippen LogP contribution in [0, 0.1) is 24.2 Å². The molecule has 1 aliphatic rings. The van der Waals surface area contributed by atoms with Crippen LogP contribution in [0.3, 0.4) is 0 Å². The number of nitrogens with one attached hydrogen (secondary N) is 2. The average molecular weight is 338 g/mol. The fourth-order valence-corrected chi connectivity index (χ4v) is 3.33. The van der Waals surface area contributed by atoms with Crippen molar-refractivity contribution in [2.75, 3.05) is 12.4 Å². The Morgan fingerprint density at radius 2 is 2.16 bits per heavy atom. The summed E-state index contributed by atoms with van der Waals surface area (Å²) in [7, 11) is 1.59. The van der Waals surface area contributed by atoms with E-state index in [2.05, 4.69) is 15.3 Å². The number of hydrogen-bond donors (Lipinski definition) is 2. The lowest BCUT2D eigenvalue weighted by molar-refractivity contribution is 0.416. The lowest BCUT2D eigenvalue weighted by Crippen LogP contribution is -2.19. The Kier molecular flexibility index (Phi) is 5.03. The van der Waals surface area contributed by atoms with Gasteiger partial charge in [0.05, 0.1) is 12.8 Å². The van der Waals surface area contributed by atoms with Crippen LogP contribution in [0.4, 0.5) is 11.5 Å². The van der Waals surface area contributed by atoms with E-state index in [9.17, 15) is 10.1 Å². The number of rotatable bonds is 5. The first-order chi connectivity index (χ1) is 12.1. The molecule has 1 saturated carbocycles. The maximum absolute atomic E-state index is 12.3. The van der Waals surface area contributed by atoms with Gasteiger partial charge in [0.15, 0.2) is 11.4 Å². The average Bonchev–Trinajstić information content (AvgIpc) is 3.09. The summed E-state index contributed by atoms with van der Waals surface area (Å²) < 4.78 is 5.38. The quantitative estimate of drug-likeness (QED) is 0.871. The molecule has 0 bridgehead atoms. The summed E-state index contributed by atoms with van der Waals surface area (Å²) in [4.78, 5) is 19.5. The van der Waals surface area contributed by atoms with Gasteiger partial charge in [-0.1, -0.05) is 31.7 Å². The maximum Gasteiger partial charge on any atom is 0.271 e. The molecule has 1 fully saturated rings. The number of aromatic amines is 1. The Labute approximate surface area is 146 Å². The van der Waals surface area contributed by atoms with E-state index >= 15 is 0 Å². The number of aryl methyl sites for hydroxylation is 1. The highest BCUT2D eigenvalue weighted by Crippen LogP contribution is 2.30. The Bertz CT molecular complexity index is 861. The summed E-state index contributed by atoms with van der Waals surface area (Å²) in [6.07, 6.45) is 5.53. The smallest absolute Gasteiger partial charge is 0.271 e. The number of ether oxygens (including phenoxy) is 1. The molecule has 6 heteroatoms. The van der Waals surface area contributed by atoms with Crippen molar-refractivity contribution in [1.29, 1.82) is 5.26 Å². The fourth-order valence-electron chi connectivity index (χ4n) is 3.33. The zero-order valence-electron chi connectivity index (χ0n) is 14.6. The molecular formula is C19H22N4O2. The van der Waals surface area contributed by atoms with Gasteiger partial charge in [0, 0.05) is 6.42 Å². The van der Waals surface area contributed by atoms with E-state index in [0.717, 1.165) is 24.8 Å². The number of aromatic nitrogens is 2. The highest BCUT2D eigenvalue weighted by molar-refractivity contribution is 5.68. The molecule has 130 valence electrons. The zero-order chi connectivity index (χ0) is 17.8. The predicted octanol–water partition coefficient (Wildman–Crippen LogP) is 3.43. The topological polar surface area (TPSA) is 90.8 Å². The maximum atomic E-state index is 12.3. The van der Waals surface area contributed by atoms with Gasteiger partial charge in [-0.3, -0.25) is 4.79 Å². The number of nitrogens with zero attached hydrogens (tertiary/aromatic N) is 2. The largest absolute Gasteiger partial charge is 0.495 e. The van der Waals surface area contributed by atoms with Crippen LogP contribution < -0.4 is 15.6 Å². The summed E-state index contributed by atoms with van der Waals surface area (Å²) in [6, 6.07) is 7.62. The number of anilines is 2. The van der Waals surface area contributed by atoms with Crippen molar-refractivity contribution < 1.29 is 4.74 Å². The van der Waals surface area contributed by atoms with Crippen molar-refractivity contribution in [2.24, 2.45) is 5.92 Å². The highest BCUT2D eigenvalue weighted by Gasteiger charge is 2.19. The number of methoxy groups -OCH3 is 1. The highest BCUT2D eigenvalue weighted by atomic mass is 16.5. The first-order valence-corrected chi connectivity index (χ1v) is 8.55. The van der Waals surface area contributed by atoms with Crippen LogP contribution in [-0.4, -0.2) is 17.1 Å². The van der Waals surface area contributed by atoms with Crippen molar-refractivity contribution in [1.82, 2.24) is 9.97 Å². The summed E-state index contributed by atoms with van der Waals surface area (Å²) >= 11 is 0. The molecule has 0 saturated heterocycles. The number of nitriles is 1. The van der Waals surface area contributed by atoms with Crippen molar-refractivity contribution in [3.8, 4) is 11.8 Å². The zero-order valence-corrected chi connectivity index (χ0v) is 14.6. The third-order valence-corrected chi connectivity index (χ3v) is 4.65. The molecule has 1 heterocycles. The molecule has 0 amide bonds. The van der Waals surface area contributed by atoms with Gasteiger partial charge in [0.1, 0.15) is 17.6 Å². The van der Waals surface area contributed by atoms with Gasteiger partial charge in [-0.2, -0.15) is 5.26 Å². The monoisotopic (exact) mass is 338 g/mol. The molecule has 1 aromatic heterocycles. The van der Waals surface area contributed by atoms with E-state index < -0.39 is 5.56 Å². The minimum absolute atomic E-state index is 0.0159. The standard InChI is InChI=1S/C19H22N4O2/c1-12-7-8-15(16(9-12)25-2)21-18-14(11-20)19(24)23-17(22-18)10-13-5-3-4-6-13/h7-9,13H,3-6,10H2,1-2H3,(H2,21,22,23,24). The molecule has 2 aromatic rings. The van der Waals surface area contributed by atoms with E-state index in [1.54, 1.807) is 7.11 Å². The van der Waals surface area contributed by atoms with E-state index in [1.807, 2.05) is 31.2 Å². The first-order valence-electron chi connectivity index (χ1n) is 8.55. The van der Waals surface area contributed by atoms with Crippen molar-refractivity contribution in [3.63, 3.8) is 0 Å². The minimum Gasteiger partial charge on any atom is -0.495 e. The van der Waals surface area contributed by atoms with Gasteiger partial charge < -0.3 is 15.0 Å². The van der Waals surface area contributed by atoms with E-state index in [-0.39, 0.29) is 11.4 Å². The van der Waals surface area contributed by atoms with Crippen LogP contribution in [0.25, 0.3) is 0 Å². The van der Waals surface area contributed by atoms with Crippen LogP contribution in [0.5, 0.6) is 5.75 Å². The number of hydrogen-bond acceptors (Lipinski definition) is 5. The predicted molar refractivity (Wildman–Crippen MR) is 96.2 cm³/mol. The summed E-state index contributed by atoms with van der Waals surface area (Å²) in [5.74, 6) is 2.10. The van der Waals surface area contributed by atoms with Gasteiger partial charge in [-0.15, -0.1) is 0 Å². The second-order valence-corrected chi connectivity index (χ2v) is 6.53. The Morgan fingerprint density at radius 3 is 2.84 bits per heavy atom. The summed E-state index contributed by atoms with van der Waals surface area (Å²) in [6.45, 7) is 1.97. The van der Waals surface area contributed by atoms with Crippen LogP contribution in [-0.2, 0) is 6.42 Å². The van der Waals surface area contributed by atoms with Gasteiger partial charge in [-0.25, -0.2) is 4.98 Å². The summed E-state index contributed by atoms with van der Waals surface area (Å²) in [5.41, 5.74) is 1.31. The molecule has 0 radical (unpaired) electrons. The number of H-pyrrole nitrogens is 1. The molecule has 6 nitrogen and oxygen atoms in total. The molecule has 3 rings (SSSR count). The van der Waals surface area contributed by atoms with Crippen LogP contribution >= 0.6 is 0 Å². The Morgan fingerprint density at radius 1 is 1.40 bits per heavy atom. The van der Waals surface area contributed by atoms with Gasteiger partial charge in [0.25, 0.3) is 5.56 Å². The molecule has 0 aliphatic heterocycles. The van der Waals surface area contributed by atoms with E-state index in [0.29, 0.717) is 23.2 Å². The first kappa shape index (κ1) is 17.0. The van der Waals surface area contributed by atoms with Crippen molar-refractivity contribution in [2.45, 2.75) is 39.0 Å². The number of benzene rings is 1. The van der Waals surface area contributed by atoms with Gasteiger partial charge in [0.2, 0.25) is 0 Å².